The number of nitrogens with zero attached hydrogens (tertiary/aromatic N) is 5. The van der Waals surface area contributed by atoms with Crippen LogP contribution in [0, 0.1) is 5.92 Å². The van der Waals surface area contributed by atoms with Gasteiger partial charge in [-0.3, -0.25) is 9.36 Å². The van der Waals surface area contributed by atoms with Gasteiger partial charge < -0.3 is 9.80 Å². The molecule has 0 bridgehead atoms. The van der Waals surface area contributed by atoms with E-state index in [1.54, 1.807) is 6.20 Å². The smallest absolute Gasteiger partial charge is 0.227 e. The Hall–Kier alpha value is -1.76. The van der Waals surface area contributed by atoms with E-state index < -0.39 is 0 Å². The van der Waals surface area contributed by atoms with E-state index in [-0.39, 0.29) is 5.92 Å². The molecule has 6 nitrogen and oxygen atoms in total. The molecule has 2 aliphatic rings. The van der Waals surface area contributed by atoms with Crippen LogP contribution in [0.4, 0.5) is 5.95 Å². The first-order valence-electron chi connectivity index (χ1n) is 8.63. The minimum Gasteiger partial charge on any atom is -0.341 e. The number of anilines is 1. The van der Waals surface area contributed by atoms with Gasteiger partial charge in [-0.1, -0.05) is 0 Å². The molecule has 1 atom stereocenters. The standard InChI is InChI=1S/C17H23N5OS/c1-20-15-14(5-2-6-18-15)19-17(20)22-7-3-4-13(12-22)16(23)21-8-10-24-11-9-21/h2,5-6,13H,3-4,7-12H2,1H3. The van der Waals surface area contributed by atoms with E-state index in [9.17, 15) is 4.79 Å². The molecule has 24 heavy (non-hydrogen) atoms. The molecule has 2 aliphatic heterocycles. The SMILES string of the molecule is Cn1c(N2CCCC(C(=O)N3CCSCC3)C2)nc2cccnc21. The molecule has 2 aromatic rings. The van der Waals surface area contributed by atoms with Crippen LogP contribution in [0.5, 0.6) is 0 Å². The predicted molar refractivity (Wildman–Crippen MR) is 97.4 cm³/mol. The van der Waals surface area contributed by atoms with Crippen molar-refractivity contribution in [2.24, 2.45) is 13.0 Å². The van der Waals surface area contributed by atoms with Crippen LogP contribution >= 0.6 is 11.8 Å². The Morgan fingerprint density at radius 3 is 2.92 bits per heavy atom. The summed E-state index contributed by atoms with van der Waals surface area (Å²) in [6, 6.07) is 3.90. The van der Waals surface area contributed by atoms with Crippen LogP contribution in [-0.4, -0.2) is 63.0 Å². The number of aromatic nitrogens is 3. The molecule has 4 heterocycles. The van der Waals surface area contributed by atoms with E-state index >= 15 is 0 Å². The number of carbonyl (C=O) groups excluding carboxylic acids is 1. The number of hydrogen-bond donors (Lipinski definition) is 0. The van der Waals surface area contributed by atoms with Gasteiger partial charge in [-0.2, -0.15) is 11.8 Å². The van der Waals surface area contributed by atoms with Gasteiger partial charge in [0.05, 0.1) is 5.92 Å². The Labute approximate surface area is 146 Å². The molecule has 2 aromatic heterocycles. The second-order valence-corrected chi connectivity index (χ2v) is 7.76. The number of fused-ring (bicyclic) bond motifs is 1. The third kappa shape index (κ3) is 2.85. The summed E-state index contributed by atoms with van der Waals surface area (Å²) in [5, 5.41) is 0. The van der Waals surface area contributed by atoms with Gasteiger partial charge in [0.1, 0.15) is 5.52 Å². The molecule has 0 aromatic carbocycles. The average molecular weight is 345 g/mol. The van der Waals surface area contributed by atoms with Gasteiger partial charge in [-0.25, -0.2) is 9.97 Å². The minimum atomic E-state index is 0.0922. The number of hydrogen-bond acceptors (Lipinski definition) is 5. The Balaban J connectivity index is 1.53. The largest absolute Gasteiger partial charge is 0.341 e. The third-order valence-corrected chi connectivity index (χ3v) is 5.92. The number of aryl methyl sites for hydroxylation is 1. The summed E-state index contributed by atoms with van der Waals surface area (Å²) in [7, 11) is 2.00. The second kappa shape index (κ2) is 6.63. The minimum absolute atomic E-state index is 0.0922. The van der Waals surface area contributed by atoms with Gasteiger partial charge in [0.25, 0.3) is 0 Å². The van der Waals surface area contributed by atoms with Crippen molar-refractivity contribution in [3.05, 3.63) is 18.3 Å². The molecule has 7 heteroatoms. The number of piperidine rings is 1. The normalized spacial score (nSPS) is 22.1. The van der Waals surface area contributed by atoms with Crippen LogP contribution in [0.1, 0.15) is 12.8 Å². The fraction of sp³-hybridized carbons (Fsp3) is 0.588. The number of thioether (sulfide) groups is 1. The fourth-order valence-electron chi connectivity index (χ4n) is 3.70. The Bertz CT molecular complexity index is 740. The summed E-state index contributed by atoms with van der Waals surface area (Å²) in [5.74, 6) is 3.49. The van der Waals surface area contributed by atoms with Crippen molar-refractivity contribution in [2.45, 2.75) is 12.8 Å². The van der Waals surface area contributed by atoms with E-state index in [1.807, 2.05) is 35.5 Å². The molecule has 0 N–H and O–H groups in total. The Morgan fingerprint density at radius 1 is 1.29 bits per heavy atom. The molecule has 0 saturated carbocycles. The van der Waals surface area contributed by atoms with Crippen molar-refractivity contribution < 1.29 is 4.79 Å². The van der Waals surface area contributed by atoms with Gasteiger partial charge in [0.15, 0.2) is 5.65 Å². The highest BCUT2D eigenvalue weighted by molar-refractivity contribution is 7.99. The number of pyridine rings is 1. The highest BCUT2D eigenvalue weighted by atomic mass is 32.2. The molecule has 1 amide bonds. The van der Waals surface area contributed by atoms with E-state index in [0.717, 1.165) is 67.6 Å². The second-order valence-electron chi connectivity index (χ2n) is 6.54. The van der Waals surface area contributed by atoms with Crippen molar-refractivity contribution >= 4 is 34.8 Å². The first-order valence-corrected chi connectivity index (χ1v) is 9.78. The highest BCUT2D eigenvalue weighted by Crippen LogP contribution is 2.26. The molecular formula is C17H23N5OS. The first-order chi connectivity index (χ1) is 11.7. The average Bonchev–Trinajstić information content (AvgIpc) is 2.99. The summed E-state index contributed by atoms with van der Waals surface area (Å²) in [6.07, 6.45) is 3.82. The zero-order chi connectivity index (χ0) is 16.5. The van der Waals surface area contributed by atoms with Gasteiger partial charge in [0, 0.05) is 50.9 Å². The number of carbonyl (C=O) groups is 1. The molecule has 0 radical (unpaired) electrons. The topological polar surface area (TPSA) is 54.3 Å². The van der Waals surface area contributed by atoms with Gasteiger partial charge in [-0.05, 0) is 25.0 Å². The third-order valence-electron chi connectivity index (χ3n) is 4.98. The summed E-state index contributed by atoms with van der Waals surface area (Å²) < 4.78 is 2.04. The molecular weight excluding hydrogens is 322 g/mol. The van der Waals surface area contributed by atoms with Crippen molar-refractivity contribution in [3.8, 4) is 0 Å². The monoisotopic (exact) mass is 345 g/mol. The number of imidazole rings is 1. The lowest BCUT2D eigenvalue weighted by Crippen LogP contribution is -2.47. The van der Waals surface area contributed by atoms with Crippen LogP contribution in [-0.2, 0) is 11.8 Å². The van der Waals surface area contributed by atoms with Crippen LogP contribution < -0.4 is 4.90 Å². The summed E-state index contributed by atoms with van der Waals surface area (Å²) >= 11 is 1.94. The maximum atomic E-state index is 12.8. The maximum Gasteiger partial charge on any atom is 0.227 e. The van der Waals surface area contributed by atoms with Gasteiger partial charge in [-0.15, -0.1) is 0 Å². The van der Waals surface area contributed by atoms with Crippen molar-refractivity contribution in [3.63, 3.8) is 0 Å². The van der Waals surface area contributed by atoms with Crippen molar-refractivity contribution in [2.75, 3.05) is 42.6 Å². The molecule has 128 valence electrons. The van der Waals surface area contributed by atoms with Gasteiger partial charge in [0.2, 0.25) is 11.9 Å². The predicted octanol–water partition coefficient (Wildman–Crippen LogP) is 1.76. The number of rotatable bonds is 2. The molecule has 4 rings (SSSR count). The zero-order valence-electron chi connectivity index (χ0n) is 14.0. The first kappa shape index (κ1) is 15.7. The molecule has 2 saturated heterocycles. The molecule has 0 spiro atoms. The Kier molecular flexibility index (Phi) is 4.35. The lowest BCUT2D eigenvalue weighted by Gasteiger charge is -2.36. The van der Waals surface area contributed by atoms with Crippen LogP contribution in [0.2, 0.25) is 0 Å². The highest BCUT2D eigenvalue weighted by Gasteiger charge is 2.31. The summed E-state index contributed by atoms with van der Waals surface area (Å²) in [4.78, 5) is 26.3. The number of amides is 1. The fourth-order valence-corrected chi connectivity index (χ4v) is 4.60. The Morgan fingerprint density at radius 2 is 2.12 bits per heavy atom. The quantitative estimate of drug-likeness (QED) is 0.830. The van der Waals surface area contributed by atoms with Crippen molar-refractivity contribution in [1.29, 1.82) is 0 Å². The van der Waals surface area contributed by atoms with Crippen LogP contribution in [0.25, 0.3) is 11.2 Å². The van der Waals surface area contributed by atoms with Crippen LogP contribution in [0.15, 0.2) is 18.3 Å². The summed E-state index contributed by atoms with van der Waals surface area (Å²) in [5.41, 5.74) is 1.81. The molecule has 1 unspecified atom stereocenters. The van der Waals surface area contributed by atoms with E-state index in [4.69, 9.17) is 4.98 Å². The molecule has 0 aliphatic carbocycles. The van der Waals surface area contributed by atoms with Gasteiger partial charge >= 0.3 is 0 Å². The van der Waals surface area contributed by atoms with E-state index in [1.165, 1.54) is 0 Å². The van der Waals surface area contributed by atoms with E-state index in [2.05, 4.69) is 14.8 Å². The maximum absolute atomic E-state index is 12.8. The lowest BCUT2D eigenvalue weighted by atomic mass is 9.96. The lowest BCUT2D eigenvalue weighted by molar-refractivity contribution is -0.135. The van der Waals surface area contributed by atoms with E-state index in [0.29, 0.717) is 5.91 Å². The van der Waals surface area contributed by atoms with Crippen molar-refractivity contribution in [1.82, 2.24) is 19.4 Å². The zero-order valence-corrected chi connectivity index (χ0v) is 14.8. The van der Waals surface area contributed by atoms with Crippen LogP contribution in [0.3, 0.4) is 0 Å². The summed E-state index contributed by atoms with van der Waals surface area (Å²) in [6.45, 7) is 3.52. The molecule has 2 fully saturated rings.